The normalized spacial score (nSPS) is 11.7. The zero-order chi connectivity index (χ0) is 25.9. The van der Waals surface area contributed by atoms with E-state index in [2.05, 4.69) is 17.2 Å². The Hall–Kier alpha value is -2.97. The summed E-state index contributed by atoms with van der Waals surface area (Å²) < 4.78 is 42.6. The predicted molar refractivity (Wildman–Crippen MR) is 138 cm³/mol. The van der Waals surface area contributed by atoms with Crippen molar-refractivity contribution in [2.24, 2.45) is 0 Å². The highest BCUT2D eigenvalue weighted by atomic mass is 35.5. The van der Waals surface area contributed by atoms with Crippen LogP contribution >= 0.6 is 23.4 Å². The van der Waals surface area contributed by atoms with Crippen molar-refractivity contribution < 1.29 is 18.0 Å². The van der Waals surface area contributed by atoms with E-state index in [-0.39, 0.29) is 22.9 Å². The van der Waals surface area contributed by atoms with E-state index in [1.54, 1.807) is 30.1 Å². The van der Waals surface area contributed by atoms with Crippen molar-refractivity contribution >= 4 is 34.9 Å². The van der Waals surface area contributed by atoms with Crippen LogP contribution in [-0.2, 0) is 25.6 Å². The van der Waals surface area contributed by atoms with Crippen LogP contribution in [0.15, 0.2) is 65.7 Å². The van der Waals surface area contributed by atoms with Crippen molar-refractivity contribution in [3.05, 3.63) is 99.5 Å². The van der Waals surface area contributed by atoms with Gasteiger partial charge in [-0.1, -0.05) is 43.6 Å². The van der Waals surface area contributed by atoms with Crippen LogP contribution in [0.25, 0.3) is 5.65 Å². The molecule has 4 aromatic rings. The van der Waals surface area contributed by atoms with Crippen molar-refractivity contribution in [1.82, 2.24) is 14.7 Å². The summed E-state index contributed by atoms with van der Waals surface area (Å²) in [5, 5.41) is 2.95. The number of thioether (sulfide) groups is 1. The third-order valence-electron chi connectivity index (χ3n) is 5.83. The topological polar surface area (TPSA) is 46.4 Å². The van der Waals surface area contributed by atoms with Crippen molar-refractivity contribution in [1.29, 1.82) is 0 Å². The number of fused-ring (bicyclic) bond motifs is 1. The minimum atomic E-state index is -4.52. The third-order valence-corrected chi connectivity index (χ3v) is 6.96. The molecule has 0 bridgehead atoms. The molecule has 1 amide bonds. The first-order valence-electron chi connectivity index (χ1n) is 11.5. The van der Waals surface area contributed by atoms with Crippen molar-refractivity contribution in [2.75, 3.05) is 5.75 Å². The lowest BCUT2D eigenvalue weighted by Crippen LogP contribution is -2.22. The summed E-state index contributed by atoms with van der Waals surface area (Å²) in [7, 11) is 0. The number of alkyl halides is 3. The molecule has 0 saturated carbocycles. The van der Waals surface area contributed by atoms with Gasteiger partial charge in [0.2, 0.25) is 0 Å². The number of halogens is 4. The predicted octanol–water partition coefficient (Wildman–Crippen LogP) is 7.20. The van der Waals surface area contributed by atoms with E-state index in [4.69, 9.17) is 11.6 Å². The number of amides is 1. The highest BCUT2D eigenvalue weighted by molar-refractivity contribution is 7.99. The van der Waals surface area contributed by atoms with E-state index in [0.717, 1.165) is 23.1 Å². The van der Waals surface area contributed by atoms with Crippen LogP contribution in [0.1, 0.15) is 52.3 Å². The number of benzene rings is 2. The Morgan fingerprint density at radius 1 is 1.08 bits per heavy atom. The molecular formula is C27H25ClF3N3OS. The summed E-state index contributed by atoms with van der Waals surface area (Å²) in [6, 6.07) is 15.2. The number of carbonyl (C=O) groups excluding carboxylic acids is 1. The summed E-state index contributed by atoms with van der Waals surface area (Å²) in [6.07, 6.45) is -2.21. The fourth-order valence-electron chi connectivity index (χ4n) is 4.10. The molecule has 2 heterocycles. The Kier molecular flexibility index (Phi) is 7.95. The van der Waals surface area contributed by atoms with E-state index in [9.17, 15) is 18.0 Å². The zero-order valence-corrected chi connectivity index (χ0v) is 21.4. The summed E-state index contributed by atoms with van der Waals surface area (Å²) in [5.41, 5.74) is 2.60. The van der Waals surface area contributed by atoms with E-state index in [0.29, 0.717) is 29.9 Å². The molecule has 2 aromatic carbocycles. The number of imidazole rings is 1. The van der Waals surface area contributed by atoms with Crippen LogP contribution in [0.4, 0.5) is 13.2 Å². The summed E-state index contributed by atoms with van der Waals surface area (Å²) in [6.45, 7) is 4.40. The minimum Gasteiger partial charge on any atom is -0.348 e. The molecule has 0 aliphatic carbocycles. The molecule has 0 saturated heterocycles. The lowest BCUT2D eigenvalue weighted by molar-refractivity contribution is -0.138. The second-order valence-electron chi connectivity index (χ2n) is 8.24. The second kappa shape index (κ2) is 11.0. The molecule has 4 nitrogen and oxygen atoms in total. The van der Waals surface area contributed by atoms with Gasteiger partial charge in [0.1, 0.15) is 5.65 Å². The molecule has 0 aliphatic heterocycles. The van der Waals surface area contributed by atoms with Gasteiger partial charge in [0.05, 0.1) is 11.3 Å². The number of nitrogens with one attached hydrogen (secondary N) is 1. The van der Waals surface area contributed by atoms with Gasteiger partial charge in [-0.15, -0.1) is 11.8 Å². The van der Waals surface area contributed by atoms with Crippen LogP contribution < -0.4 is 5.32 Å². The average molecular weight is 532 g/mol. The van der Waals surface area contributed by atoms with Crippen LogP contribution in [0, 0.1) is 0 Å². The average Bonchev–Trinajstić information content (AvgIpc) is 3.20. The van der Waals surface area contributed by atoms with E-state index < -0.39 is 11.7 Å². The van der Waals surface area contributed by atoms with Gasteiger partial charge in [-0.05, 0) is 59.7 Å². The number of rotatable bonds is 8. The largest absolute Gasteiger partial charge is 0.416 e. The van der Waals surface area contributed by atoms with Crippen molar-refractivity contribution in [3.8, 4) is 0 Å². The molecule has 0 radical (unpaired) electrons. The fourth-order valence-corrected chi connectivity index (χ4v) is 4.94. The number of aryl methyl sites for hydroxylation is 1. The SMILES string of the molecule is CCSc1ccc(CNC(=O)c2ccn3c(CC)c(Cc4ccc(Cl)cc4C(F)(F)F)nc3c2)cc1. The first-order valence-corrected chi connectivity index (χ1v) is 12.9. The Morgan fingerprint density at radius 3 is 2.50 bits per heavy atom. The maximum atomic E-state index is 13.6. The molecular weight excluding hydrogens is 507 g/mol. The van der Waals surface area contributed by atoms with Crippen LogP contribution in [0.5, 0.6) is 0 Å². The zero-order valence-electron chi connectivity index (χ0n) is 19.8. The van der Waals surface area contributed by atoms with Crippen molar-refractivity contribution in [2.45, 2.75) is 44.3 Å². The Morgan fingerprint density at radius 2 is 1.83 bits per heavy atom. The lowest BCUT2D eigenvalue weighted by atomic mass is 10.0. The monoisotopic (exact) mass is 531 g/mol. The highest BCUT2D eigenvalue weighted by Gasteiger charge is 2.34. The number of nitrogens with zero attached hydrogens (tertiary/aromatic N) is 2. The quantitative estimate of drug-likeness (QED) is 0.244. The molecule has 0 atom stereocenters. The number of hydrogen-bond donors (Lipinski definition) is 1. The van der Waals surface area contributed by atoms with Gasteiger partial charge in [0.15, 0.2) is 0 Å². The van der Waals surface area contributed by atoms with E-state index >= 15 is 0 Å². The minimum absolute atomic E-state index is 0.00467. The first-order chi connectivity index (χ1) is 17.2. The van der Waals surface area contributed by atoms with Gasteiger partial charge >= 0.3 is 6.18 Å². The number of hydrogen-bond acceptors (Lipinski definition) is 3. The van der Waals surface area contributed by atoms with Gasteiger partial charge in [-0.25, -0.2) is 4.98 Å². The number of aromatic nitrogens is 2. The molecule has 36 heavy (non-hydrogen) atoms. The van der Waals surface area contributed by atoms with E-state index in [1.165, 1.54) is 17.0 Å². The van der Waals surface area contributed by atoms with Gasteiger partial charge < -0.3 is 9.72 Å². The Bertz CT molecular complexity index is 1380. The second-order valence-corrected chi connectivity index (χ2v) is 10.0. The first kappa shape index (κ1) is 26.1. The smallest absolute Gasteiger partial charge is 0.348 e. The molecule has 0 unspecified atom stereocenters. The van der Waals surface area contributed by atoms with Crippen LogP contribution in [0.2, 0.25) is 5.02 Å². The van der Waals surface area contributed by atoms with Crippen LogP contribution in [0.3, 0.4) is 0 Å². The highest BCUT2D eigenvalue weighted by Crippen LogP contribution is 2.35. The number of pyridine rings is 1. The lowest BCUT2D eigenvalue weighted by Gasteiger charge is -2.13. The van der Waals surface area contributed by atoms with Gasteiger partial charge in [0, 0.05) is 40.3 Å². The Balaban J connectivity index is 1.55. The maximum Gasteiger partial charge on any atom is 0.416 e. The molecule has 188 valence electrons. The summed E-state index contributed by atoms with van der Waals surface area (Å²) in [4.78, 5) is 18.6. The standard InChI is InChI=1S/C27H25ClF3N3OS/c1-3-24-23(13-18-7-8-20(28)15-22(18)27(29,30)31)33-25-14-19(11-12-34(24)25)26(35)32-16-17-5-9-21(10-6-17)36-4-2/h5-12,14-15H,3-4,13,16H2,1-2H3,(H,32,35). The van der Waals surface area contributed by atoms with Crippen LogP contribution in [-0.4, -0.2) is 21.0 Å². The molecule has 4 rings (SSSR count). The summed E-state index contributed by atoms with van der Waals surface area (Å²) in [5.74, 6) is 0.751. The van der Waals surface area contributed by atoms with Gasteiger partial charge in [0.25, 0.3) is 5.91 Å². The molecule has 1 N–H and O–H groups in total. The Labute approximate surface area is 216 Å². The molecule has 0 spiro atoms. The molecule has 0 fully saturated rings. The van der Waals surface area contributed by atoms with Crippen molar-refractivity contribution in [3.63, 3.8) is 0 Å². The molecule has 2 aromatic heterocycles. The summed E-state index contributed by atoms with van der Waals surface area (Å²) >= 11 is 7.58. The maximum absolute atomic E-state index is 13.6. The van der Waals surface area contributed by atoms with Gasteiger partial charge in [-0.2, -0.15) is 13.2 Å². The third kappa shape index (κ3) is 5.87. The fraction of sp³-hybridized carbons (Fsp3) is 0.259. The number of carbonyl (C=O) groups is 1. The van der Waals surface area contributed by atoms with E-state index in [1.807, 2.05) is 35.6 Å². The molecule has 9 heteroatoms. The molecule has 0 aliphatic rings. The van der Waals surface area contributed by atoms with Gasteiger partial charge in [-0.3, -0.25) is 4.79 Å².